The average molecular weight is 250 g/mol. The lowest BCUT2D eigenvalue weighted by atomic mass is 9.91. The third-order valence-electron chi connectivity index (χ3n) is 3.03. The van der Waals surface area contributed by atoms with Crippen LogP contribution in [0.25, 0.3) is 0 Å². The molecule has 1 aromatic carbocycles. The van der Waals surface area contributed by atoms with Crippen LogP contribution in [-0.2, 0) is 5.41 Å². The molecule has 0 saturated heterocycles. The lowest BCUT2D eigenvalue weighted by Gasteiger charge is -2.13. The van der Waals surface area contributed by atoms with Crippen molar-refractivity contribution in [1.82, 2.24) is 0 Å². The van der Waals surface area contributed by atoms with Crippen molar-refractivity contribution >= 4 is 15.9 Å². The van der Waals surface area contributed by atoms with Crippen molar-refractivity contribution in [1.29, 1.82) is 5.26 Å². The summed E-state index contributed by atoms with van der Waals surface area (Å²) in [7, 11) is 0. The van der Waals surface area contributed by atoms with E-state index in [1.165, 1.54) is 18.4 Å². The molecule has 0 amide bonds. The van der Waals surface area contributed by atoms with Gasteiger partial charge in [0, 0.05) is 10.9 Å². The first-order valence-electron chi connectivity index (χ1n) is 4.90. The van der Waals surface area contributed by atoms with E-state index in [2.05, 4.69) is 46.3 Å². The molecule has 14 heavy (non-hydrogen) atoms. The van der Waals surface area contributed by atoms with Gasteiger partial charge in [-0.15, -0.1) is 0 Å². The lowest BCUT2D eigenvalue weighted by Crippen LogP contribution is -2.05. The Bertz CT molecular complexity index is 357. The third kappa shape index (κ3) is 1.83. The molecule has 1 aliphatic carbocycles. The maximum absolute atomic E-state index is 8.59. The van der Waals surface area contributed by atoms with Gasteiger partial charge in [-0.3, -0.25) is 0 Å². The van der Waals surface area contributed by atoms with E-state index >= 15 is 0 Å². The first kappa shape index (κ1) is 9.73. The monoisotopic (exact) mass is 249 g/mol. The van der Waals surface area contributed by atoms with E-state index in [-0.39, 0.29) is 0 Å². The highest BCUT2D eigenvalue weighted by molar-refractivity contribution is 9.10. The zero-order chi connectivity index (χ0) is 10.0. The molecule has 72 valence electrons. The minimum absolute atomic E-state index is 0.344. The van der Waals surface area contributed by atoms with Crippen LogP contribution in [0.4, 0.5) is 0 Å². The molecule has 0 heterocycles. The Kier molecular flexibility index (Phi) is 2.60. The molecule has 1 aromatic rings. The van der Waals surface area contributed by atoms with E-state index in [4.69, 9.17) is 5.26 Å². The zero-order valence-electron chi connectivity index (χ0n) is 7.96. The highest BCUT2D eigenvalue weighted by Gasteiger charge is 2.43. The lowest BCUT2D eigenvalue weighted by molar-refractivity contribution is 0.632. The van der Waals surface area contributed by atoms with Gasteiger partial charge in [0.1, 0.15) is 0 Å². The molecule has 0 aromatic heterocycles. The molecular weight excluding hydrogens is 238 g/mol. The van der Waals surface area contributed by atoms with Gasteiger partial charge in [-0.05, 0) is 42.4 Å². The van der Waals surface area contributed by atoms with Crippen molar-refractivity contribution in [3.63, 3.8) is 0 Å². The predicted octanol–water partition coefficient (Wildman–Crippen LogP) is 3.78. The van der Waals surface area contributed by atoms with E-state index in [0.29, 0.717) is 11.8 Å². The number of hydrogen-bond acceptors (Lipinski definition) is 1. The average Bonchev–Trinajstić information content (AvgIpc) is 2.97. The Morgan fingerprint density at radius 1 is 1.29 bits per heavy atom. The third-order valence-corrected chi connectivity index (χ3v) is 3.55. The van der Waals surface area contributed by atoms with Gasteiger partial charge in [0.25, 0.3) is 0 Å². The molecule has 2 heteroatoms. The molecule has 0 bridgehead atoms. The van der Waals surface area contributed by atoms with Crippen LogP contribution in [0.5, 0.6) is 0 Å². The number of hydrogen-bond donors (Lipinski definition) is 0. The summed E-state index contributed by atoms with van der Waals surface area (Å²) in [6.45, 7) is 0. The highest BCUT2D eigenvalue weighted by atomic mass is 79.9. The predicted molar refractivity (Wildman–Crippen MR) is 59.9 cm³/mol. The van der Waals surface area contributed by atoms with E-state index in [9.17, 15) is 0 Å². The van der Waals surface area contributed by atoms with Crippen molar-refractivity contribution < 1.29 is 0 Å². The number of nitriles is 1. The molecule has 0 aliphatic heterocycles. The number of rotatable bonds is 3. The smallest absolute Gasteiger partial charge is 0.0622 e. The van der Waals surface area contributed by atoms with Gasteiger partial charge in [-0.25, -0.2) is 0 Å². The van der Waals surface area contributed by atoms with Gasteiger partial charge >= 0.3 is 0 Å². The van der Waals surface area contributed by atoms with Crippen LogP contribution in [0.3, 0.4) is 0 Å². The van der Waals surface area contributed by atoms with Crippen LogP contribution in [0.2, 0.25) is 0 Å². The van der Waals surface area contributed by atoms with Crippen LogP contribution >= 0.6 is 15.9 Å². The SMILES string of the molecule is N#CCCC1(c2ccc(Br)cc2)CC1. The number of nitrogens with zero attached hydrogens (tertiary/aromatic N) is 1. The van der Waals surface area contributed by atoms with Crippen molar-refractivity contribution in [2.24, 2.45) is 0 Å². The Morgan fingerprint density at radius 3 is 2.43 bits per heavy atom. The Balaban J connectivity index is 2.15. The molecule has 1 aliphatic rings. The Hall–Kier alpha value is -0.810. The van der Waals surface area contributed by atoms with Crippen molar-refractivity contribution in [3.05, 3.63) is 34.3 Å². The molecule has 0 atom stereocenters. The Morgan fingerprint density at radius 2 is 1.93 bits per heavy atom. The highest BCUT2D eigenvalue weighted by Crippen LogP contribution is 2.51. The van der Waals surface area contributed by atoms with E-state index in [0.717, 1.165) is 10.9 Å². The second-order valence-electron chi connectivity index (χ2n) is 3.95. The van der Waals surface area contributed by atoms with Gasteiger partial charge in [-0.2, -0.15) is 5.26 Å². The van der Waals surface area contributed by atoms with Crippen molar-refractivity contribution in [2.75, 3.05) is 0 Å². The normalized spacial score (nSPS) is 17.4. The van der Waals surface area contributed by atoms with Gasteiger partial charge in [0.2, 0.25) is 0 Å². The summed E-state index contributed by atoms with van der Waals surface area (Å²) >= 11 is 3.43. The first-order valence-corrected chi connectivity index (χ1v) is 5.69. The fourth-order valence-electron chi connectivity index (χ4n) is 1.93. The van der Waals surface area contributed by atoms with Gasteiger partial charge in [-0.1, -0.05) is 28.1 Å². The summed E-state index contributed by atoms with van der Waals surface area (Å²) < 4.78 is 1.12. The van der Waals surface area contributed by atoms with Crippen molar-refractivity contribution in [3.8, 4) is 6.07 Å². The number of halogens is 1. The number of benzene rings is 1. The molecule has 0 N–H and O–H groups in total. The van der Waals surface area contributed by atoms with E-state index < -0.39 is 0 Å². The molecule has 1 fully saturated rings. The molecule has 2 rings (SSSR count). The summed E-state index contributed by atoms with van der Waals surface area (Å²) in [4.78, 5) is 0. The molecule has 1 nitrogen and oxygen atoms in total. The van der Waals surface area contributed by atoms with Crippen molar-refractivity contribution in [2.45, 2.75) is 31.1 Å². The van der Waals surface area contributed by atoms with E-state index in [1.54, 1.807) is 0 Å². The van der Waals surface area contributed by atoms with Crippen LogP contribution in [0.15, 0.2) is 28.7 Å². The van der Waals surface area contributed by atoms with Gasteiger partial charge < -0.3 is 0 Å². The molecule has 0 unspecified atom stereocenters. The molecule has 0 radical (unpaired) electrons. The fraction of sp³-hybridized carbons (Fsp3) is 0.417. The molecule has 0 spiro atoms. The first-order chi connectivity index (χ1) is 6.77. The quantitative estimate of drug-likeness (QED) is 0.800. The molecular formula is C12H12BrN. The largest absolute Gasteiger partial charge is 0.198 e. The minimum Gasteiger partial charge on any atom is -0.198 e. The summed E-state index contributed by atoms with van der Waals surface area (Å²) in [5, 5.41) is 8.59. The summed E-state index contributed by atoms with van der Waals surface area (Å²) in [6, 6.07) is 10.8. The topological polar surface area (TPSA) is 23.8 Å². The maximum Gasteiger partial charge on any atom is 0.0622 e. The van der Waals surface area contributed by atoms with Crippen LogP contribution in [0, 0.1) is 11.3 Å². The van der Waals surface area contributed by atoms with Crippen LogP contribution in [-0.4, -0.2) is 0 Å². The fourth-order valence-corrected chi connectivity index (χ4v) is 2.20. The summed E-state index contributed by atoms with van der Waals surface area (Å²) in [6.07, 6.45) is 4.19. The van der Waals surface area contributed by atoms with Crippen LogP contribution in [0.1, 0.15) is 31.2 Å². The van der Waals surface area contributed by atoms with Crippen LogP contribution < -0.4 is 0 Å². The minimum atomic E-state index is 0.344. The second-order valence-corrected chi connectivity index (χ2v) is 4.86. The summed E-state index contributed by atoms with van der Waals surface area (Å²) in [5.41, 5.74) is 1.74. The Labute approximate surface area is 92.9 Å². The maximum atomic E-state index is 8.59. The van der Waals surface area contributed by atoms with Gasteiger partial charge in [0.05, 0.1) is 6.07 Å². The second kappa shape index (κ2) is 3.74. The van der Waals surface area contributed by atoms with E-state index in [1.807, 2.05) is 0 Å². The van der Waals surface area contributed by atoms with Gasteiger partial charge in [0.15, 0.2) is 0 Å². The molecule has 1 saturated carbocycles. The standard InChI is InChI=1S/C12H12BrN/c13-11-4-2-10(3-5-11)12(7-8-12)6-1-9-14/h2-5H,1,6-8H2. The summed E-state index contributed by atoms with van der Waals surface area (Å²) in [5.74, 6) is 0. The zero-order valence-corrected chi connectivity index (χ0v) is 9.55.